The molecular weight excluding hydrogens is 456 g/mol. The number of hydrogen-bond acceptors (Lipinski definition) is 5. The fourth-order valence-corrected chi connectivity index (χ4v) is 4.29. The summed E-state index contributed by atoms with van der Waals surface area (Å²) in [6.45, 7) is 3.31. The lowest BCUT2D eigenvalue weighted by Crippen LogP contribution is -2.32. The Labute approximate surface area is 206 Å². The van der Waals surface area contributed by atoms with E-state index < -0.39 is 29.0 Å². The number of carbonyl (C=O) groups is 3. The normalized spacial score (nSPS) is 15.2. The van der Waals surface area contributed by atoms with E-state index >= 15 is 0 Å². The van der Waals surface area contributed by atoms with E-state index in [0.29, 0.717) is 22.8 Å². The van der Waals surface area contributed by atoms with Crippen molar-refractivity contribution in [2.75, 3.05) is 5.01 Å². The number of H-pyrrole nitrogens is 1. The zero-order valence-electron chi connectivity index (χ0n) is 19.6. The summed E-state index contributed by atoms with van der Waals surface area (Å²) < 4.78 is 1.33. The SMILES string of the molecule is CC1=NN(c2ccccc2)C(=O)C1C(=O)c1ccc(C(=O)c2c(C)[nH]n(-c3ccccc3)c2=O)cc1. The Balaban J connectivity index is 1.39. The minimum atomic E-state index is -1.03. The number of hydrogen-bond donors (Lipinski definition) is 1. The molecule has 36 heavy (non-hydrogen) atoms. The highest BCUT2D eigenvalue weighted by Gasteiger charge is 2.40. The number of nitrogens with one attached hydrogen (secondary N) is 1. The highest BCUT2D eigenvalue weighted by Crippen LogP contribution is 2.26. The number of benzene rings is 3. The number of aromatic amines is 1. The first-order valence-corrected chi connectivity index (χ1v) is 11.4. The molecule has 3 aromatic carbocycles. The predicted octanol–water partition coefficient (Wildman–Crippen LogP) is 3.93. The van der Waals surface area contributed by atoms with E-state index in [2.05, 4.69) is 10.2 Å². The van der Waals surface area contributed by atoms with Gasteiger partial charge in [-0.3, -0.25) is 24.3 Å². The molecule has 1 amide bonds. The van der Waals surface area contributed by atoms with Crippen LogP contribution in [-0.4, -0.2) is 33.0 Å². The largest absolute Gasteiger partial charge is 0.295 e. The second-order valence-corrected chi connectivity index (χ2v) is 8.52. The molecule has 0 radical (unpaired) electrons. The highest BCUT2D eigenvalue weighted by atomic mass is 16.2. The summed E-state index contributed by atoms with van der Waals surface area (Å²) in [4.78, 5) is 52.3. The van der Waals surface area contributed by atoms with E-state index in [9.17, 15) is 19.2 Å². The fourth-order valence-electron chi connectivity index (χ4n) is 4.29. The first-order chi connectivity index (χ1) is 17.4. The second-order valence-electron chi connectivity index (χ2n) is 8.52. The quantitative estimate of drug-likeness (QED) is 0.335. The summed E-state index contributed by atoms with van der Waals surface area (Å²) in [5.74, 6) is -2.31. The van der Waals surface area contributed by atoms with Gasteiger partial charge in [0.25, 0.3) is 11.5 Å². The van der Waals surface area contributed by atoms with Gasteiger partial charge in [-0.2, -0.15) is 10.1 Å². The molecule has 1 atom stereocenters. The number of para-hydroxylation sites is 2. The van der Waals surface area contributed by atoms with E-state index in [4.69, 9.17) is 0 Å². The minimum absolute atomic E-state index is 0.0328. The third kappa shape index (κ3) is 3.88. The maximum absolute atomic E-state index is 13.2. The molecule has 0 fully saturated rings. The third-order valence-electron chi connectivity index (χ3n) is 6.14. The molecular formula is C28H22N4O4. The van der Waals surface area contributed by atoms with E-state index in [1.807, 2.05) is 12.1 Å². The number of aromatic nitrogens is 2. The van der Waals surface area contributed by atoms with Crippen LogP contribution in [0.4, 0.5) is 5.69 Å². The number of nitrogens with zero attached hydrogens (tertiary/aromatic N) is 3. The zero-order valence-corrected chi connectivity index (χ0v) is 19.6. The average Bonchev–Trinajstić information content (AvgIpc) is 3.38. The Bertz CT molecular complexity index is 1570. The standard InChI is InChI=1S/C28H22N4O4/c1-17-23(27(35)31(29-17)21-9-5-3-6-10-21)25(33)19-13-15-20(16-14-19)26(34)24-18(2)30-32(28(24)36)22-11-7-4-8-12-22/h3-16,23,30H,1-2H3. The molecule has 0 saturated heterocycles. The lowest BCUT2D eigenvalue weighted by atomic mass is 9.92. The van der Waals surface area contributed by atoms with Crippen LogP contribution < -0.4 is 10.6 Å². The fraction of sp³-hybridized carbons (Fsp3) is 0.107. The molecule has 1 aromatic heterocycles. The smallest absolute Gasteiger partial charge is 0.282 e. The molecule has 0 spiro atoms. The van der Waals surface area contributed by atoms with Gasteiger partial charge in [-0.05, 0) is 38.1 Å². The van der Waals surface area contributed by atoms with Gasteiger partial charge in [-0.15, -0.1) is 0 Å². The number of hydrazone groups is 1. The van der Waals surface area contributed by atoms with Crippen LogP contribution in [0.5, 0.6) is 0 Å². The molecule has 8 heteroatoms. The van der Waals surface area contributed by atoms with E-state index in [1.165, 1.54) is 34.0 Å². The Kier molecular flexibility index (Phi) is 5.77. The molecule has 0 saturated carbocycles. The first kappa shape index (κ1) is 22.9. The Hall–Kier alpha value is -4.85. The molecule has 8 nitrogen and oxygen atoms in total. The average molecular weight is 479 g/mol. The molecule has 1 unspecified atom stereocenters. The first-order valence-electron chi connectivity index (χ1n) is 11.4. The number of ketones is 2. The summed E-state index contributed by atoms with van der Waals surface area (Å²) in [6, 6.07) is 23.9. The third-order valence-corrected chi connectivity index (χ3v) is 6.14. The number of carbonyl (C=O) groups excluding carboxylic acids is 3. The van der Waals surface area contributed by atoms with Crippen molar-refractivity contribution < 1.29 is 14.4 Å². The maximum Gasteiger partial charge on any atom is 0.282 e. The van der Waals surface area contributed by atoms with Gasteiger partial charge >= 0.3 is 0 Å². The molecule has 5 rings (SSSR count). The second kappa shape index (κ2) is 9.07. The predicted molar refractivity (Wildman–Crippen MR) is 136 cm³/mol. The van der Waals surface area contributed by atoms with Gasteiger partial charge in [-0.25, -0.2) is 4.68 Å². The summed E-state index contributed by atoms with van der Waals surface area (Å²) in [6.07, 6.45) is 0. The lowest BCUT2D eigenvalue weighted by molar-refractivity contribution is -0.118. The lowest BCUT2D eigenvalue weighted by Gasteiger charge is -2.14. The van der Waals surface area contributed by atoms with Crippen LogP contribution >= 0.6 is 0 Å². The zero-order chi connectivity index (χ0) is 25.4. The molecule has 1 aliphatic rings. The van der Waals surface area contributed by atoms with Gasteiger partial charge in [0.15, 0.2) is 11.6 Å². The molecule has 1 aliphatic heterocycles. The van der Waals surface area contributed by atoms with Gasteiger partial charge in [0.1, 0.15) is 11.5 Å². The van der Waals surface area contributed by atoms with Gasteiger partial charge in [0, 0.05) is 16.8 Å². The van der Waals surface area contributed by atoms with Crippen molar-refractivity contribution in [3.63, 3.8) is 0 Å². The van der Waals surface area contributed by atoms with Crippen LogP contribution in [0, 0.1) is 12.8 Å². The number of aryl methyl sites for hydroxylation is 1. The van der Waals surface area contributed by atoms with Crippen LogP contribution in [0.25, 0.3) is 5.69 Å². The molecule has 2 heterocycles. The summed E-state index contributed by atoms with van der Waals surface area (Å²) in [5, 5.41) is 8.47. The Morgan fingerprint density at radius 2 is 1.33 bits per heavy atom. The maximum atomic E-state index is 13.2. The van der Waals surface area contributed by atoms with E-state index in [1.54, 1.807) is 62.4 Å². The number of anilines is 1. The molecule has 0 aliphatic carbocycles. The Morgan fingerprint density at radius 1 is 0.778 bits per heavy atom. The molecule has 0 bridgehead atoms. The molecule has 4 aromatic rings. The van der Waals surface area contributed by atoms with Crippen LogP contribution in [-0.2, 0) is 4.79 Å². The van der Waals surface area contributed by atoms with E-state index in [-0.39, 0.29) is 16.7 Å². The number of amides is 1. The monoisotopic (exact) mass is 478 g/mol. The van der Waals surface area contributed by atoms with E-state index in [0.717, 1.165) is 0 Å². The molecule has 1 N–H and O–H groups in total. The van der Waals surface area contributed by atoms with Crippen molar-refractivity contribution in [1.82, 2.24) is 9.78 Å². The topological polar surface area (TPSA) is 105 Å². The van der Waals surface area contributed by atoms with Crippen LogP contribution in [0.2, 0.25) is 0 Å². The van der Waals surface area contributed by atoms with Crippen molar-refractivity contribution in [2.24, 2.45) is 11.0 Å². The van der Waals surface area contributed by atoms with Gasteiger partial charge in [0.05, 0.1) is 17.1 Å². The van der Waals surface area contributed by atoms with Crippen molar-refractivity contribution in [3.05, 3.63) is 118 Å². The van der Waals surface area contributed by atoms with Crippen LogP contribution in [0.3, 0.4) is 0 Å². The van der Waals surface area contributed by atoms with Crippen molar-refractivity contribution in [3.8, 4) is 5.69 Å². The van der Waals surface area contributed by atoms with Crippen LogP contribution in [0.15, 0.2) is 94.8 Å². The van der Waals surface area contributed by atoms with Gasteiger partial charge < -0.3 is 0 Å². The number of rotatable bonds is 6. The van der Waals surface area contributed by atoms with Crippen molar-refractivity contribution >= 4 is 28.9 Å². The highest BCUT2D eigenvalue weighted by molar-refractivity contribution is 6.30. The summed E-state index contributed by atoms with van der Waals surface area (Å²) in [5.41, 5.74) is 2.17. The van der Waals surface area contributed by atoms with Crippen molar-refractivity contribution in [1.29, 1.82) is 0 Å². The Morgan fingerprint density at radius 3 is 1.94 bits per heavy atom. The van der Waals surface area contributed by atoms with Crippen molar-refractivity contribution in [2.45, 2.75) is 13.8 Å². The summed E-state index contributed by atoms with van der Waals surface area (Å²) in [7, 11) is 0. The summed E-state index contributed by atoms with van der Waals surface area (Å²) >= 11 is 0. The molecule has 178 valence electrons. The van der Waals surface area contributed by atoms with Crippen LogP contribution in [0.1, 0.15) is 38.9 Å². The minimum Gasteiger partial charge on any atom is -0.295 e. The number of Topliss-reactive ketones (excluding diaryl/α,β-unsaturated/α-hetero) is 1. The van der Waals surface area contributed by atoms with Gasteiger partial charge in [-0.1, -0.05) is 60.7 Å². The van der Waals surface area contributed by atoms with Gasteiger partial charge in [0.2, 0.25) is 0 Å².